The Morgan fingerprint density at radius 2 is 2.12 bits per heavy atom. The van der Waals surface area contributed by atoms with E-state index in [2.05, 4.69) is 10.9 Å². The Kier molecular flexibility index (Phi) is 6.44. The first-order chi connectivity index (χ1) is 12.3. The van der Waals surface area contributed by atoms with Crippen LogP contribution < -0.4 is 4.90 Å². The van der Waals surface area contributed by atoms with E-state index in [1.54, 1.807) is 18.7 Å². The van der Waals surface area contributed by atoms with Crippen LogP contribution in [0.4, 0.5) is 5.69 Å². The molecule has 1 aliphatic rings. The molecule has 0 aromatic heterocycles. The van der Waals surface area contributed by atoms with E-state index in [-0.39, 0.29) is 12.8 Å². The van der Waals surface area contributed by atoms with Crippen molar-refractivity contribution < 1.29 is 14.7 Å². The van der Waals surface area contributed by atoms with Gasteiger partial charge in [-0.2, -0.15) is 0 Å². The second-order valence-corrected chi connectivity index (χ2v) is 7.77. The number of hydrogen-bond acceptors (Lipinski definition) is 4. The molecule has 1 amide bonds. The molecule has 1 fully saturated rings. The summed E-state index contributed by atoms with van der Waals surface area (Å²) in [5.41, 5.74) is 0.874. The van der Waals surface area contributed by atoms with E-state index in [9.17, 15) is 20.0 Å². The van der Waals surface area contributed by atoms with Gasteiger partial charge in [-0.3, -0.25) is 9.59 Å². The lowest BCUT2D eigenvalue weighted by Crippen LogP contribution is -2.48. The number of rotatable bonds is 7. The number of aliphatic carboxylic acids is 1. The summed E-state index contributed by atoms with van der Waals surface area (Å²) in [5, 5.41) is 18.4. The molecule has 7 heteroatoms. The van der Waals surface area contributed by atoms with Gasteiger partial charge in [-0.1, -0.05) is 12.1 Å². The number of hydrogen-bond donors (Lipinski definition) is 1. The lowest BCUT2D eigenvalue weighted by Gasteiger charge is -2.36. The number of likely N-dealkylation sites (N-methyl/N-ethyl adjacent to an activating group) is 1. The molecule has 26 heavy (non-hydrogen) atoms. The zero-order valence-corrected chi connectivity index (χ0v) is 15.7. The Bertz CT molecular complexity index is 684. The highest BCUT2D eigenvalue weighted by molar-refractivity contribution is 6.67. The van der Waals surface area contributed by atoms with Crippen LogP contribution in [0.2, 0.25) is 12.6 Å². The Morgan fingerprint density at radius 3 is 2.65 bits per heavy atom. The summed E-state index contributed by atoms with van der Waals surface area (Å²) in [6.45, 7) is 4.85. The van der Waals surface area contributed by atoms with Gasteiger partial charge in [0.1, 0.15) is 0 Å². The maximum Gasteiger partial charge on any atom is 0.309 e. The number of amides is 1. The predicted octanol–water partition coefficient (Wildman–Crippen LogP) is 2.17. The summed E-state index contributed by atoms with van der Waals surface area (Å²) in [7, 11) is 2.03. The highest BCUT2D eigenvalue weighted by atomic mass is 16.4. The van der Waals surface area contributed by atoms with E-state index in [0.29, 0.717) is 13.0 Å². The number of carboxylic acid groups (broad SMARTS) is 1. The first-order valence-corrected chi connectivity index (χ1v) is 8.91. The Balaban J connectivity index is 2.07. The molecule has 1 unspecified atom stereocenters. The number of carboxylic acids is 1. The molecule has 1 atom stereocenters. The van der Waals surface area contributed by atoms with Crippen molar-refractivity contribution in [2.75, 3.05) is 25.0 Å². The maximum atomic E-state index is 11.6. The van der Waals surface area contributed by atoms with E-state index in [1.165, 1.54) is 0 Å². The molecule has 0 aliphatic carbocycles. The maximum absolute atomic E-state index is 11.6. The third kappa shape index (κ3) is 4.86. The zero-order chi connectivity index (χ0) is 19.3. The van der Waals surface area contributed by atoms with Gasteiger partial charge in [0, 0.05) is 24.2 Å². The minimum absolute atomic E-state index is 0.0466. The van der Waals surface area contributed by atoms with Gasteiger partial charge in [0.15, 0.2) is 0 Å². The van der Waals surface area contributed by atoms with Gasteiger partial charge in [-0.15, -0.1) is 0 Å². The normalized spacial score (nSPS) is 18.2. The van der Waals surface area contributed by atoms with Crippen LogP contribution in [-0.4, -0.2) is 55.3 Å². The van der Waals surface area contributed by atoms with Crippen molar-refractivity contribution in [1.29, 1.82) is 5.26 Å². The number of nitrogens with zero attached hydrogens (tertiary/aromatic N) is 3. The molecule has 0 saturated carbocycles. The van der Waals surface area contributed by atoms with E-state index in [0.717, 1.165) is 36.8 Å². The molecule has 1 aromatic carbocycles. The van der Waals surface area contributed by atoms with E-state index < -0.39 is 11.4 Å². The highest BCUT2D eigenvalue weighted by Gasteiger charge is 2.30. The summed E-state index contributed by atoms with van der Waals surface area (Å²) in [5.74, 6) is 1.51. The van der Waals surface area contributed by atoms with Crippen LogP contribution >= 0.6 is 0 Å². The number of carbonyl (C=O) groups is 2. The predicted molar refractivity (Wildman–Crippen MR) is 102 cm³/mol. The first kappa shape index (κ1) is 20.0. The Morgan fingerprint density at radius 1 is 1.46 bits per heavy atom. The lowest BCUT2D eigenvalue weighted by molar-refractivity contribution is -0.146. The molecule has 0 radical (unpaired) electrons. The smallest absolute Gasteiger partial charge is 0.309 e. The second kappa shape index (κ2) is 8.37. The molecule has 6 nitrogen and oxygen atoms in total. The molecule has 1 aromatic rings. The zero-order valence-electron chi connectivity index (χ0n) is 15.7. The summed E-state index contributed by atoms with van der Waals surface area (Å²) in [4.78, 5) is 26.7. The van der Waals surface area contributed by atoms with Crippen LogP contribution in [0.3, 0.4) is 0 Å². The first-order valence-electron chi connectivity index (χ1n) is 8.91. The summed E-state index contributed by atoms with van der Waals surface area (Å²) < 4.78 is 0. The van der Waals surface area contributed by atoms with Gasteiger partial charge in [0.05, 0.1) is 5.41 Å². The SMILES string of the molecule is CN1CCB(C#N)CC1CN(C=O)c1ccc(CC(C)(C)C(=O)O)cc1. The highest BCUT2D eigenvalue weighted by Crippen LogP contribution is 2.25. The largest absolute Gasteiger partial charge is 0.481 e. The Labute approximate surface area is 155 Å². The fourth-order valence-corrected chi connectivity index (χ4v) is 3.33. The lowest BCUT2D eigenvalue weighted by atomic mass is 9.43. The minimum atomic E-state index is -0.830. The molecular formula is C19H26BN3O3. The molecule has 1 aliphatic heterocycles. The summed E-state index contributed by atoms with van der Waals surface area (Å²) in [6.07, 6.45) is 2.89. The van der Waals surface area contributed by atoms with Crippen LogP contribution in [0.15, 0.2) is 24.3 Å². The fraction of sp³-hybridized carbons (Fsp3) is 0.526. The van der Waals surface area contributed by atoms with Crippen molar-refractivity contribution >= 4 is 24.8 Å². The average Bonchev–Trinajstić information content (AvgIpc) is 2.61. The van der Waals surface area contributed by atoms with Crippen molar-refractivity contribution in [3.63, 3.8) is 0 Å². The summed E-state index contributed by atoms with van der Waals surface area (Å²) in [6, 6.07) is 7.61. The molecule has 2 rings (SSSR count). The van der Waals surface area contributed by atoms with Gasteiger partial charge in [0.2, 0.25) is 6.41 Å². The fourth-order valence-electron chi connectivity index (χ4n) is 3.33. The average molecular weight is 355 g/mol. The third-order valence-electron chi connectivity index (χ3n) is 5.22. The van der Waals surface area contributed by atoms with Crippen LogP contribution in [0, 0.1) is 16.6 Å². The van der Waals surface area contributed by atoms with E-state index in [4.69, 9.17) is 0 Å². The van der Waals surface area contributed by atoms with Crippen LogP contribution in [-0.2, 0) is 16.0 Å². The van der Waals surface area contributed by atoms with Gasteiger partial charge < -0.3 is 14.9 Å². The number of nitriles is 1. The monoisotopic (exact) mass is 355 g/mol. The van der Waals surface area contributed by atoms with Crippen molar-refractivity contribution in [2.45, 2.75) is 39.0 Å². The van der Waals surface area contributed by atoms with Crippen LogP contribution in [0.5, 0.6) is 0 Å². The molecule has 138 valence electrons. The molecule has 0 bridgehead atoms. The van der Waals surface area contributed by atoms with Gasteiger partial charge in [-0.05, 0) is 64.2 Å². The molecular weight excluding hydrogens is 329 g/mol. The third-order valence-corrected chi connectivity index (χ3v) is 5.22. The van der Waals surface area contributed by atoms with Crippen molar-refractivity contribution in [3.8, 4) is 5.97 Å². The van der Waals surface area contributed by atoms with Gasteiger partial charge in [-0.25, -0.2) is 5.26 Å². The van der Waals surface area contributed by atoms with Gasteiger partial charge in [0.25, 0.3) is 6.71 Å². The van der Waals surface area contributed by atoms with Crippen molar-refractivity contribution in [3.05, 3.63) is 29.8 Å². The van der Waals surface area contributed by atoms with Crippen molar-refractivity contribution in [2.24, 2.45) is 5.41 Å². The number of carbonyl (C=O) groups excluding carboxylic acids is 1. The second-order valence-electron chi connectivity index (χ2n) is 7.77. The quantitative estimate of drug-likeness (QED) is 0.599. The number of benzene rings is 1. The standard InChI is InChI=1S/C19H26BN3O3/c1-19(2,18(25)26)10-15-4-6-16(7-5-15)23(14-24)12-17-11-20(13-21)8-9-22(17)3/h4-7,14,17H,8-12H2,1-3H3,(H,25,26). The van der Waals surface area contributed by atoms with Crippen LogP contribution in [0.1, 0.15) is 19.4 Å². The molecule has 1 N–H and O–H groups in total. The van der Waals surface area contributed by atoms with E-state index in [1.807, 2.05) is 31.3 Å². The van der Waals surface area contributed by atoms with E-state index >= 15 is 0 Å². The van der Waals surface area contributed by atoms with Crippen molar-refractivity contribution in [1.82, 2.24) is 4.90 Å². The molecule has 1 saturated heterocycles. The van der Waals surface area contributed by atoms with Crippen LogP contribution in [0.25, 0.3) is 0 Å². The number of anilines is 1. The Hall–Kier alpha value is -2.33. The molecule has 1 heterocycles. The topological polar surface area (TPSA) is 84.6 Å². The van der Waals surface area contributed by atoms with Gasteiger partial charge >= 0.3 is 5.97 Å². The summed E-state index contributed by atoms with van der Waals surface area (Å²) >= 11 is 0. The molecule has 0 spiro atoms. The minimum Gasteiger partial charge on any atom is -0.481 e.